The number of carbonyl (C=O) groups is 3. The van der Waals surface area contributed by atoms with Gasteiger partial charge in [0.2, 0.25) is 0 Å². The molecule has 1 aliphatic carbocycles. The topological polar surface area (TPSA) is 125 Å². The Morgan fingerprint density at radius 2 is 1.97 bits per heavy atom. The number of ether oxygens (including phenoxy) is 2. The molecule has 0 saturated carbocycles. The molecule has 10 nitrogen and oxygen atoms in total. The zero-order valence-corrected chi connectivity index (χ0v) is 20.5. The van der Waals surface area contributed by atoms with Crippen molar-refractivity contribution in [1.82, 2.24) is 19.6 Å². The van der Waals surface area contributed by atoms with Crippen molar-refractivity contribution in [3.8, 4) is 0 Å². The van der Waals surface area contributed by atoms with Gasteiger partial charge in [0.05, 0.1) is 12.2 Å². The highest BCUT2D eigenvalue weighted by Gasteiger charge is 2.29. The molecular weight excluding hydrogens is 458 g/mol. The van der Waals surface area contributed by atoms with E-state index in [2.05, 4.69) is 20.4 Å². The van der Waals surface area contributed by atoms with E-state index in [9.17, 15) is 14.4 Å². The second-order valence-corrected chi connectivity index (χ2v) is 9.32. The zero-order chi connectivity index (χ0) is 24.4. The van der Waals surface area contributed by atoms with Crippen LogP contribution in [0.5, 0.6) is 0 Å². The number of aromatic nitrogens is 4. The Morgan fingerprint density at radius 3 is 2.74 bits per heavy atom. The van der Waals surface area contributed by atoms with Crippen LogP contribution in [0.3, 0.4) is 0 Å². The van der Waals surface area contributed by atoms with E-state index in [1.165, 1.54) is 18.3 Å². The lowest BCUT2D eigenvalue weighted by Crippen LogP contribution is -2.31. The minimum absolute atomic E-state index is 0.194. The van der Waals surface area contributed by atoms with E-state index in [-0.39, 0.29) is 18.9 Å². The average molecular weight is 486 g/mol. The fraction of sp³-hybridized carbons (Fsp3) is 0.478. The molecule has 0 radical (unpaired) electrons. The Bertz CT molecular complexity index is 1260. The molecule has 1 amide bonds. The second kappa shape index (κ2) is 9.88. The van der Waals surface area contributed by atoms with Gasteiger partial charge in [-0.2, -0.15) is 4.98 Å². The van der Waals surface area contributed by atoms with Crippen LogP contribution in [-0.2, 0) is 38.3 Å². The normalized spacial score (nSPS) is 13.9. The summed E-state index contributed by atoms with van der Waals surface area (Å²) in [4.78, 5) is 47.5. The Kier molecular flexibility index (Phi) is 6.92. The highest BCUT2D eigenvalue weighted by molar-refractivity contribution is 7.17. The number of fused-ring (bicyclic) bond motifs is 2. The third kappa shape index (κ3) is 4.93. The van der Waals surface area contributed by atoms with Crippen molar-refractivity contribution < 1.29 is 23.9 Å². The Balaban J connectivity index is 1.43. The van der Waals surface area contributed by atoms with Gasteiger partial charge in [-0.3, -0.25) is 9.59 Å². The third-order valence-corrected chi connectivity index (χ3v) is 6.74. The van der Waals surface area contributed by atoms with Crippen LogP contribution in [0.25, 0.3) is 5.78 Å². The van der Waals surface area contributed by atoms with Gasteiger partial charge in [-0.1, -0.05) is 0 Å². The molecule has 0 saturated heterocycles. The summed E-state index contributed by atoms with van der Waals surface area (Å²) in [5.41, 5.74) is 3.01. The average Bonchev–Trinajstić information content (AvgIpc) is 3.34. The van der Waals surface area contributed by atoms with E-state index < -0.39 is 23.9 Å². The van der Waals surface area contributed by atoms with Crippen LogP contribution in [-0.4, -0.2) is 50.1 Å². The standard InChI is InChI=1S/C23H27N5O5S/c1-5-32-22(31)19-15-8-6-7-9-16(15)34-21(19)26-20(30)14(4)33-18(29)11-17-25-23-24-12(2)10-13(3)28(23)27-17/h10,14H,5-9,11H2,1-4H3,(H,26,30)/t14-/m1/s1. The molecule has 0 aliphatic heterocycles. The first-order valence-electron chi connectivity index (χ1n) is 11.3. The molecule has 0 spiro atoms. The van der Waals surface area contributed by atoms with Gasteiger partial charge in [0, 0.05) is 16.3 Å². The second-order valence-electron chi connectivity index (χ2n) is 8.21. The lowest BCUT2D eigenvalue weighted by Gasteiger charge is -2.14. The van der Waals surface area contributed by atoms with E-state index in [1.54, 1.807) is 11.4 Å². The molecule has 34 heavy (non-hydrogen) atoms. The number of rotatable bonds is 7. The van der Waals surface area contributed by atoms with Crippen LogP contribution in [0.15, 0.2) is 6.07 Å². The minimum Gasteiger partial charge on any atom is -0.462 e. The predicted molar refractivity (Wildman–Crippen MR) is 125 cm³/mol. The van der Waals surface area contributed by atoms with Crippen molar-refractivity contribution in [2.75, 3.05) is 11.9 Å². The first kappa shape index (κ1) is 23.8. The third-order valence-electron chi connectivity index (χ3n) is 5.53. The number of esters is 2. The van der Waals surface area contributed by atoms with Crippen LogP contribution < -0.4 is 5.32 Å². The van der Waals surface area contributed by atoms with E-state index in [0.717, 1.165) is 47.5 Å². The molecule has 0 fully saturated rings. The highest BCUT2D eigenvalue weighted by atomic mass is 32.1. The largest absolute Gasteiger partial charge is 0.462 e. The van der Waals surface area contributed by atoms with Gasteiger partial charge >= 0.3 is 11.9 Å². The first-order valence-corrected chi connectivity index (χ1v) is 12.1. The lowest BCUT2D eigenvalue weighted by molar-refractivity contribution is -0.152. The maximum atomic E-state index is 12.8. The number of carbonyl (C=O) groups excluding carboxylic acids is 3. The number of aryl methyl sites for hydroxylation is 3. The van der Waals surface area contributed by atoms with Gasteiger partial charge in [0.15, 0.2) is 11.9 Å². The molecule has 0 unspecified atom stereocenters. The Labute approximate surface area is 200 Å². The van der Waals surface area contributed by atoms with Gasteiger partial charge in [-0.25, -0.2) is 14.3 Å². The van der Waals surface area contributed by atoms with E-state index in [1.807, 2.05) is 19.9 Å². The van der Waals surface area contributed by atoms with Gasteiger partial charge in [-0.05, 0) is 65.0 Å². The SMILES string of the molecule is CCOC(=O)c1c(NC(=O)[C@@H](C)OC(=O)Cc2nc3nc(C)cc(C)n3n2)sc2c1CCCC2. The zero-order valence-electron chi connectivity index (χ0n) is 19.6. The maximum Gasteiger partial charge on any atom is 0.341 e. The summed E-state index contributed by atoms with van der Waals surface area (Å²) in [6.45, 7) is 7.20. The fourth-order valence-corrected chi connectivity index (χ4v) is 5.27. The summed E-state index contributed by atoms with van der Waals surface area (Å²) >= 11 is 1.39. The summed E-state index contributed by atoms with van der Waals surface area (Å²) in [7, 11) is 0. The molecule has 4 rings (SSSR count). The first-order chi connectivity index (χ1) is 16.3. The Hall–Kier alpha value is -3.34. The monoisotopic (exact) mass is 485 g/mol. The van der Waals surface area contributed by atoms with Crippen molar-refractivity contribution in [1.29, 1.82) is 0 Å². The molecule has 3 aromatic heterocycles. The van der Waals surface area contributed by atoms with Crippen molar-refractivity contribution >= 4 is 40.0 Å². The van der Waals surface area contributed by atoms with Crippen molar-refractivity contribution in [2.45, 2.75) is 65.9 Å². The van der Waals surface area contributed by atoms with Crippen LogP contribution in [0.1, 0.15) is 64.7 Å². The molecule has 0 bridgehead atoms. The highest BCUT2D eigenvalue weighted by Crippen LogP contribution is 2.38. The van der Waals surface area contributed by atoms with Gasteiger partial charge < -0.3 is 14.8 Å². The summed E-state index contributed by atoms with van der Waals surface area (Å²) in [6, 6.07) is 1.86. The van der Waals surface area contributed by atoms with Gasteiger partial charge in [0.25, 0.3) is 11.7 Å². The summed E-state index contributed by atoms with van der Waals surface area (Å²) in [6.07, 6.45) is 2.42. The molecule has 1 aliphatic rings. The number of thiophene rings is 1. The molecule has 3 heterocycles. The van der Waals surface area contributed by atoms with Crippen molar-refractivity contribution in [3.05, 3.63) is 39.3 Å². The number of hydrogen-bond acceptors (Lipinski definition) is 9. The minimum atomic E-state index is -1.07. The molecule has 0 aromatic carbocycles. The number of amides is 1. The summed E-state index contributed by atoms with van der Waals surface area (Å²) in [5.74, 6) is -0.940. The smallest absolute Gasteiger partial charge is 0.341 e. The van der Waals surface area contributed by atoms with Crippen molar-refractivity contribution in [3.63, 3.8) is 0 Å². The predicted octanol–water partition coefficient (Wildman–Crippen LogP) is 2.97. The van der Waals surface area contributed by atoms with Crippen LogP contribution in [0, 0.1) is 13.8 Å². The number of nitrogens with zero attached hydrogens (tertiary/aromatic N) is 4. The molecule has 11 heteroatoms. The van der Waals surface area contributed by atoms with Gasteiger partial charge in [-0.15, -0.1) is 16.4 Å². The van der Waals surface area contributed by atoms with Crippen LogP contribution >= 0.6 is 11.3 Å². The fourth-order valence-electron chi connectivity index (χ4n) is 3.99. The number of nitrogens with one attached hydrogen (secondary N) is 1. The molecule has 3 aromatic rings. The van der Waals surface area contributed by atoms with Gasteiger partial charge in [0.1, 0.15) is 11.4 Å². The van der Waals surface area contributed by atoms with Crippen molar-refractivity contribution in [2.24, 2.45) is 0 Å². The van der Waals surface area contributed by atoms with E-state index in [4.69, 9.17) is 9.47 Å². The van der Waals surface area contributed by atoms with Crippen LogP contribution in [0.4, 0.5) is 5.00 Å². The van der Waals surface area contributed by atoms with E-state index >= 15 is 0 Å². The maximum absolute atomic E-state index is 12.8. The molecule has 1 N–H and O–H groups in total. The number of hydrogen-bond donors (Lipinski definition) is 1. The number of anilines is 1. The summed E-state index contributed by atoms with van der Waals surface area (Å²) in [5, 5.41) is 7.50. The lowest BCUT2D eigenvalue weighted by atomic mass is 9.95. The van der Waals surface area contributed by atoms with E-state index in [0.29, 0.717) is 16.3 Å². The van der Waals surface area contributed by atoms with Crippen LogP contribution in [0.2, 0.25) is 0 Å². The quantitative estimate of drug-likeness (QED) is 0.507. The summed E-state index contributed by atoms with van der Waals surface area (Å²) < 4.78 is 12.1. The Morgan fingerprint density at radius 1 is 1.21 bits per heavy atom. The molecule has 180 valence electrons. The molecular formula is C23H27N5O5S. The molecule has 1 atom stereocenters.